The number of aliphatic hydroxyl groups excluding tert-OH is 1. The van der Waals surface area contributed by atoms with Crippen LogP contribution in [0.3, 0.4) is 0 Å². The summed E-state index contributed by atoms with van der Waals surface area (Å²) in [5.41, 5.74) is 0.837. The van der Waals surface area contributed by atoms with Gasteiger partial charge in [0.25, 0.3) is 0 Å². The second-order valence-corrected chi connectivity index (χ2v) is 10.9. The van der Waals surface area contributed by atoms with E-state index in [4.69, 9.17) is 11.6 Å². The molecule has 0 spiro atoms. The summed E-state index contributed by atoms with van der Waals surface area (Å²) in [6, 6.07) is 9.41. The van der Waals surface area contributed by atoms with Crippen molar-refractivity contribution in [3.8, 4) is 0 Å². The molecule has 0 saturated carbocycles. The maximum Gasteiger partial charge on any atom is 0.244 e. The van der Waals surface area contributed by atoms with Gasteiger partial charge in [0.1, 0.15) is 0 Å². The smallest absolute Gasteiger partial charge is 0.244 e. The van der Waals surface area contributed by atoms with Gasteiger partial charge in [-0.15, -0.1) is 11.3 Å². The van der Waals surface area contributed by atoms with Crippen LogP contribution in [0.25, 0.3) is 0 Å². The number of aliphatic hydroxyl groups is 1. The third kappa shape index (κ3) is 3.99. The summed E-state index contributed by atoms with van der Waals surface area (Å²) in [4.78, 5) is 2.27. The summed E-state index contributed by atoms with van der Waals surface area (Å²) in [6.07, 6.45) is 2.02. The number of thiophene rings is 1. The van der Waals surface area contributed by atoms with Crippen molar-refractivity contribution in [2.75, 3.05) is 19.7 Å². The van der Waals surface area contributed by atoms with Crippen LogP contribution in [-0.2, 0) is 16.4 Å². The Bertz CT molecular complexity index is 867. The Hall–Kier alpha value is -0.920. The van der Waals surface area contributed by atoms with E-state index >= 15 is 0 Å². The van der Waals surface area contributed by atoms with Gasteiger partial charge in [-0.2, -0.15) is 4.31 Å². The Kier molecular flexibility index (Phi) is 5.80. The number of hydrogen-bond acceptors (Lipinski definition) is 4. The fourth-order valence-corrected chi connectivity index (χ4v) is 6.72. The molecule has 2 heterocycles. The van der Waals surface area contributed by atoms with Crippen LogP contribution in [0, 0.1) is 19.3 Å². The molecule has 0 radical (unpaired) electrons. The van der Waals surface area contributed by atoms with Crippen LogP contribution in [0.15, 0.2) is 35.2 Å². The topological polar surface area (TPSA) is 57.6 Å². The molecule has 0 atom stereocenters. The van der Waals surface area contributed by atoms with Gasteiger partial charge in [0, 0.05) is 34.5 Å². The van der Waals surface area contributed by atoms with Gasteiger partial charge in [0.05, 0.1) is 4.90 Å². The first-order valence-electron chi connectivity index (χ1n) is 8.68. The molecular formula is C19H24ClNO3S2. The predicted octanol–water partition coefficient (Wildman–Crippen LogP) is 4.02. The molecule has 1 fully saturated rings. The molecule has 1 aromatic heterocycles. The van der Waals surface area contributed by atoms with Crippen molar-refractivity contribution in [1.29, 1.82) is 0 Å². The molecule has 142 valence electrons. The molecule has 0 bridgehead atoms. The van der Waals surface area contributed by atoms with Crippen molar-refractivity contribution >= 4 is 33.0 Å². The van der Waals surface area contributed by atoms with Gasteiger partial charge in [-0.25, -0.2) is 8.42 Å². The van der Waals surface area contributed by atoms with Crippen LogP contribution in [0.2, 0.25) is 5.02 Å². The van der Waals surface area contributed by atoms with Crippen LogP contribution in [0.4, 0.5) is 0 Å². The van der Waals surface area contributed by atoms with Crippen LogP contribution < -0.4 is 0 Å². The lowest BCUT2D eigenvalue weighted by atomic mass is 9.75. The Morgan fingerprint density at radius 2 is 1.81 bits per heavy atom. The van der Waals surface area contributed by atoms with E-state index in [-0.39, 0.29) is 12.0 Å². The fraction of sp³-hybridized carbons (Fsp3) is 0.474. The Balaban J connectivity index is 1.74. The molecule has 4 nitrogen and oxygen atoms in total. The quantitative estimate of drug-likeness (QED) is 0.805. The number of piperidine rings is 1. The number of rotatable bonds is 5. The van der Waals surface area contributed by atoms with Gasteiger partial charge in [0.15, 0.2) is 0 Å². The Morgan fingerprint density at radius 3 is 2.31 bits per heavy atom. The largest absolute Gasteiger partial charge is 0.396 e. The fourth-order valence-electron chi connectivity index (χ4n) is 3.63. The Labute approximate surface area is 164 Å². The number of halogens is 1. The lowest BCUT2D eigenvalue weighted by Crippen LogP contribution is -2.45. The van der Waals surface area contributed by atoms with E-state index in [1.807, 2.05) is 38.1 Å². The summed E-state index contributed by atoms with van der Waals surface area (Å²) in [5.74, 6) is 0. The lowest BCUT2D eigenvalue weighted by molar-refractivity contribution is 0.0684. The van der Waals surface area contributed by atoms with Crippen LogP contribution in [0.5, 0.6) is 0 Å². The second kappa shape index (κ2) is 7.60. The zero-order chi connectivity index (χ0) is 18.9. The molecule has 26 heavy (non-hydrogen) atoms. The van der Waals surface area contributed by atoms with Crippen LogP contribution in [-0.4, -0.2) is 37.5 Å². The van der Waals surface area contributed by atoms with Crippen molar-refractivity contribution in [2.24, 2.45) is 5.41 Å². The van der Waals surface area contributed by atoms with E-state index in [0.717, 1.165) is 21.7 Å². The molecule has 7 heteroatoms. The molecule has 1 aliphatic heterocycles. The van der Waals surface area contributed by atoms with Crippen molar-refractivity contribution in [1.82, 2.24) is 4.31 Å². The van der Waals surface area contributed by atoms with Crippen molar-refractivity contribution in [3.63, 3.8) is 0 Å². The summed E-state index contributed by atoms with van der Waals surface area (Å²) in [5, 5.41) is 10.7. The van der Waals surface area contributed by atoms with E-state index < -0.39 is 10.0 Å². The van der Waals surface area contributed by atoms with Crippen LogP contribution in [0.1, 0.15) is 28.2 Å². The number of benzene rings is 1. The highest BCUT2D eigenvalue weighted by Gasteiger charge is 2.39. The van der Waals surface area contributed by atoms with E-state index in [2.05, 4.69) is 0 Å². The molecule has 1 saturated heterocycles. The van der Waals surface area contributed by atoms with Crippen molar-refractivity contribution < 1.29 is 13.5 Å². The van der Waals surface area contributed by atoms with Crippen molar-refractivity contribution in [3.05, 3.63) is 50.7 Å². The van der Waals surface area contributed by atoms with Gasteiger partial charge in [0.2, 0.25) is 10.0 Å². The minimum atomic E-state index is -3.46. The minimum Gasteiger partial charge on any atom is -0.396 e. The molecule has 0 aliphatic carbocycles. The average molecular weight is 414 g/mol. The van der Waals surface area contributed by atoms with E-state index in [1.165, 1.54) is 11.3 Å². The van der Waals surface area contributed by atoms with Gasteiger partial charge in [-0.1, -0.05) is 23.7 Å². The minimum absolute atomic E-state index is 0.0557. The summed E-state index contributed by atoms with van der Waals surface area (Å²) < 4.78 is 27.5. The molecule has 1 aromatic carbocycles. The monoisotopic (exact) mass is 413 g/mol. The summed E-state index contributed by atoms with van der Waals surface area (Å²) in [6.45, 7) is 4.71. The molecule has 2 aromatic rings. The third-order valence-electron chi connectivity index (χ3n) is 5.22. The molecule has 1 N–H and O–H groups in total. The van der Waals surface area contributed by atoms with Gasteiger partial charge >= 0.3 is 0 Å². The zero-order valence-corrected chi connectivity index (χ0v) is 17.4. The number of sulfonamides is 1. The molecule has 1 aliphatic rings. The number of hydrogen-bond donors (Lipinski definition) is 1. The van der Waals surface area contributed by atoms with E-state index in [0.29, 0.717) is 35.8 Å². The van der Waals surface area contributed by atoms with E-state index in [9.17, 15) is 13.5 Å². The normalized spacial score (nSPS) is 18.2. The maximum absolute atomic E-state index is 13.0. The maximum atomic E-state index is 13.0. The highest BCUT2D eigenvalue weighted by molar-refractivity contribution is 7.89. The third-order valence-corrected chi connectivity index (χ3v) is 8.60. The molecule has 0 amide bonds. The standard InChI is InChI=1S/C19H24ClNO3S2/c1-14-11-18(15(2)25-14)26(23,24)21-9-7-19(13-22,8-10-21)12-16-3-5-17(20)6-4-16/h3-6,11,22H,7-10,12-13H2,1-2H3. The second-order valence-electron chi connectivity index (χ2n) is 7.14. The van der Waals surface area contributed by atoms with Gasteiger partial charge in [-0.05, 0) is 62.3 Å². The highest BCUT2D eigenvalue weighted by Crippen LogP contribution is 2.37. The SMILES string of the molecule is Cc1cc(S(=O)(=O)N2CCC(CO)(Cc3ccc(Cl)cc3)CC2)c(C)s1. The van der Waals surface area contributed by atoms with Crippen molar-refractivity contribution in [2.45, 2.75) is 38.0 Å². The van der Waals surface area contributed by atoms with E-state index in [1.54, 1.807) is 10.4 Å². The molecule has 0 unspecified atom stereocenters. The summed E-state index contributed by atoms with van der Waals surface area (Å²) >= 11 is 7.45. The predicted molar refractivity (Wildman–Crippen MR) is 106 cm³/mol. The zero-order valence-electron chi connectivity index (χ0n) is 15.0. The first kappa shape index (κ1) is 19.8. The first-order chi connectivity index (χ1) is 12.3. The highest BCUT2D eigenvalue weighted by atomic mass is 35.5. The number of aryl methyl sites for hydroxylation is 2. The van der Waals surface area contributed by atoms with Gasteiger partial charge < -0.3 is 5.11 Å². The molecule has 3 rings (SSSR count). The van der Waals surface area contributed by atoms with Gasteiger partial charge in [-0.3, -0.25) is 0 Å². The molecular weight excluding hydrogens is 390 g/mol. The lowest BCUT2D eigenvalue weighted by Gasteiger charge is -2.40. The van der Waals surface area contributed by atoms with Crippen LogP contribution >= 0.6 is 22.9 Å². The Morgan fingerprint density at radius 1 is 1.19 bits per heavy atom. The summed E-state index contributed by atoms with van der Waals surface area (Å²) in [7, 11) is -3.46. The first-order valence-corrected chi connectivity index (χ1v) is 11.3. The average Bonchev–Trinajstić information content (AvgIpc) is 2.96. The number of nitrogens with zero attached hydrogens (tertiary/aromatic N) is 1.